The molecule has 2 saturated heterocycles. The van der Waals surface area contributed by atoms with Crippen LogP contribution in [0.1, 0.15) is 24.8 Å². The van der Waals surface area contributed by atoms with Crippen LogP contribution in [-0.2, 0) is 9.59 Å². The summed E-state index contributed by atoms with van der Waals surface area (Å²) in [4.78, 5) is 40.7. The Balaban J connectivity index is 1.55. The highest BCUT2D eigenvalue weighted by molar-refractivity contribution is 8.18. The number of fused-ring (bicyclic) bond motifs is 1. The van der Waals surface area contributed by atoms with E-state index in [4.69, 9.17) is 0 Å². The summed E-state index contributed by atoms with van der Waals surface area (Å²) in [5.41, 5.74) is 0.890. The second-order valence-corrected chi connectivity index (χ2v) is 7.77. The monoisotopic (exact) mass is 380 g/mol. The minimum absolute atomic E-state index is 0.150. The number of nitrogens with zero attached hydrogens (tertiary/aromatic N) is 2. The van der Waals surface area contributed by atoms with Gasteiger partial charge in [0.25, 0.3) is 11.1 Å². The molecule has 2 aliphatic rings. The zero-order chi connectivity index (χ0) is 18.8. The number of hydrogen-bond donors (Lipinski definition) is 0. The highest BCUT2D eigenvalue weighted by Gasteiger charge is 2.37. The topological polar surface area (TPSA) is 57.7 Å². The van der Waals surface area contributed by atoms with E-state index in [1.807, 2.05) is 42.5 Å². The van der Waals surface area contributed by atoms with Gasteiger partial charge in [0, 0.05) is 13.1 Å². The van der Waals surface area contributed by atoms with E-state index in [0.717, 1.165) is 52.3 Å². The lowest BCUT2D eigenvalue weighted by molar-refractivity contribution is -0.136. The fraction of sp³-hybridized carbons (Fsp3) is 0.286. The van der Waals surface area contributed by atoms with Crippen molar-refractivity contribution in [2.45, 2.75) is 19.3 Å². The maximum Gasteiger partial charge on any atom is 0.294 e. The quantitative estimate of drug-likeness (QED) is 0.758. The standard InChI is InChI=1S/C21H20N2O3S/c24-19(22-11-4-1-5-12-22)14-23-20(25)18(27-21(23)26)13-16-9-6-8-15-7-2-3-10-17(15)16/h2-3,6-10,13H,1,4-5,11-12,14H2/b18-13-. The number of carbonyl (C=O) groups excluding carboxylic acids is 3. The maximum atomic E-state index is 12.7. The van der Waals surface area contributed by atoms with Crippen molar-refractivity contribution in [1.29, 1.82) is 0 Å². The molecule has 2 fully saturated rings. The Hall–Kier alpha value is -2.60. The van der Waals surface area contributed by atoms with Gasteiger partial charge in [-0.25, -0.2) is 0 Å². The number of rotatable bonds is 3. The van der Waals surface area contributed by atoms with Crippen molar-refractivity contribution in [3.8, 4) is 0 Å². The zero-order valence-corrected chi connectivity index (χ0v) is 15.7. The number of likely N-dealkylation sites (tertiary alicyclic amines) is 1. The Bertz CT molecular complexity index is 942. The van der Waals surface area contributed by atoms with Gasteiger partial charge in [0.2, 0.25) is 5.91 Å². The van der Waals surface area contributed by atoms with E-state index in [0.29, 0.717) is 18.0 Å². The highest BCUT2D eigenvalue weighted by atomic mass is 32.2. The van der Waals surface area contributed by atoms with Crippen LogP contribution in [0.4, 0.5) is 4.79 Å². The van der Waals surface area contributed by atoms with E-state index in [2.05, 4.69) is 0 Å². The Kier molecular flexibility index (Phi) is 4.99. The lowest BCUT2D eigenvalue weighted by Gasteiger charge is -2.27. The summed E-state index contributed by atoms with van der Waals surface area (Å²) in [6, 6.07) is 13.8. The molecule has 0 aromatic heterocycles. The molecule has 6 heteroatoms. The number of hydrogen-bond acceptors (Lipinski definition) is 4. The molecule has 0 bridgehead atoms. The molecule has 27 heavy (non-hydrogen) atoms. The molecule has 0 radical (unpaired) electrons. The van der Waals surface area contributed by atoms with E-state index in [1.54, 1.807) is 11.0 Å². The number of thioether (sulfide) groups is 1. The summed E-state index contributed by atoms with van der Waals surface area (Å²) in [6.07, 6.45) is 4.83. The van der Waals surface area contributed by atoms with Gasteiger partial charge in [-0.15, -0.1) is 0 Å². The van der Waals surface area contributed by atoms with Gasteiger partial charge in [-0.2, -0.15) is 0 Å². The van der Waals surface area contributed by atoms with Crippen molar-refractivity contribution < 1.29 is 14.4 Å². The van der Waals surface area contributed by atoms with E-state index in [1.165, 1.54) is 0 Å². The summed E-state index contributed by atoms with van der Waals surface area (Å²) >= 11 is 0.902. The van der Waals surface area contributed by atoms with Crippen LogP contribution < -0.4 is 0 Å². The van der Waals surface area contributed by atoms with Crippen LogP contribution in [-0.4, -0.2) is 46.5 Å². The van der Waals surface area contributed by atoms with Gasteiger partial charge in [0.15, 0.2) is 0 Å². The molecule has 2 aromatic carbocycles. The third-order valence-electron chi connectivity index (χ3n) is 4.99. The number of carbonyl (C=O) groups is 3. The molecular weight excluding hydrogens is 360 g/mol. The zero-order valence-electron chi connectivity index (χ0n) is 14.9. The first-order valence-corrected chi connectivity index (χ1v) is 9.96. The molecule has 2 aromatic rings. The molecule has 0 atom stereocenters. The van der Waals surface area contributed by atoms with Crippen LogP contribution in [0.25, 0.3) is 16.8 Å². The van der Waals surface area contributed by atoms with Gasteiger partial charge >= 0.3 is 0 Å². The van der Waals surface area contributed by atoms with Crippen molar-refractivity contribution in [1.82, 2.24) is 9.80 Å². The average molecular weight is 380 g/mol. The predicted molar refractivity (Wildman–Crippen MR) is 107 cm³/mol. The molecule has 0 aliphatic carbocycles. The first kappa shape index (κ1) is 17.8. The minimum atomic E-state index is -0.386. The van der Waals surface area contributed by atoms with Crippen LogP contribution in [0, 0.1) is 0 Å². The summed E-state index contributed by atoms with van der Waals surface area (Å²) in [7, 11) is 0. The van der Waals surface area contributed by atoms with Crippen molar-refractivity contribution in [2.75, 3.05) is 19.6 Å². The lowest BCUT2D eigenvalue weighted by atomic mass is 10.0. The van der Waals surface area contributed by atoms with Crippen LogP contribution in [0.3, 0.4) is 0 Å². The molecular formula is C21H20N2O3S. The summed E-state index contributed by atoms with van der Waals surface area (Å²) < 4.78 is 0. The third kappa shape index (κ3) is 3.62. The van der Waals surface area contributed by atoms with Crippen molar-refractivity contribution in [3.05, 3.63) is 52.9 Å². The lowest BCUT2D eigenvalue weighted by Crippen LogP contribution is -2.44. The summed E-state index contributed by atoms with van der Waals surface area (Å²) in [5, 5.41) is 1.72. The highest BCUT2D eigenvalue weighted by Crippen LogP contribution is 2.33. The third-order valence-corrected chi connectivity index (χ3v) is 5.89. The Morgan fingerprint density at radius 1 is 1.00 bits per heavy atom. The van der Waals surface area contributed by atoms with Gasteiger partial charge in [-0.1, -0.05) is 42.5 Å². The average Bonchev–Trinajstić information content (AvgIpc) is 2.96. The molecule has 2 aliphatic heterocycles. The van der Waals surface area contributed by atoms with Gasteiger partial charge in [-0.3, -0.25) is 19.3 Å². The molecule has 4 rings (SSSR count). The molecule has 3 amide bonds. The second-order valence-electron chi connectivity index (χ2n) is 6.78. The van der Waals surface area contributed by atoms with Gasteiger partial charge in [-0.05, 0) is 53.4 Å². The van der Waals surface area contributed by atoms with Crippen molar-refractivity contribution in [3.63, 3.8) is 0 Å². The number of benzene rings is 2. The first-order chi connectivity index (χ1) is 13.1. The second kappa shape index (κ2) is 7.56. The van der Waals surface area contributed by atoms with E-state index >= 15 is 0 Å². The first-order valence-electron chi connectivity index (χ1n) is 9.14. The molecule has 0 unspecified atom stereocenters. The van der Waals surface area contributed by atoms with E-state index < -0.39 is 0 Å². The normalized spacial score (nSPS) is 19.3. The Morgan fingerprint density at radius 2 is 1.74 bits per heavy atom. The predicted octanol–water partition coefficient (Wildman–Crippen LogP) is 3.89. The van der Waals surface area contributed by atoms with Crippen molar-refractivity contribution >= 4 is 45.7 Å². The number of piperidine rings is 1. The molecule has 0 spiro atoms. The number of imide groups is 1. The van der Waals surface area contributed by atoms with Crippen LogP contribution in [0.5, 0.6) is 0 Å². The largest absolute Gasteiger partial charge is 0.341 e. The fourth-order valence-electron chi connectivity index (χ4n) is 3.53. The van der Waals surface area contributed by atoms with Gasteiger partial charge < -0.3 is 4.90 Å². The molecule has 138 valence electrons. The molecule has 0 saturated carbocycles. The van der Waals surface area contributed by atoms with Gasteiger partial charge in [0.1, 0.15) is 6.54 Å². The summed E-state index contributed by atoms with van der Waals surface area (Å²) in [6.45, 7) is 1.25. The minimum Gasteiger partial charge on any atom is -0.341 e. The Labute approximate surface area is 162 Å². The SMILES string of the molecule is O=C(CN1C(=O)S/C(=C\c2cccc3ccccc23)C1=O)N1CCCCC1. The fourth-order valence-corrected chi connectivity index (χ4v) is 4.36. The van der Waals surface area contributed by atoms with Crippen LogP contribution in [0.15, 0.2) is 47.4 Å². The molecule has 5 nitrogen and oxygen atoms in total. The van der Waals surface area contributed by atoms with Crippen LogP contribution >= 0.6 is 11.8 Å². The van der Waals surface area contributed by atoms with E-state index in [9.17, 15) is 14.4 Å². The van der Waals surface area contributed by atoms with Crippen LogP contribution in [0.2, 0.25) is 0 Å². The summed E-state index contributed by atoms with van der Waals surface area (Å²) in [5.74, 6) is -0.535. The smallest absolute Gasteiger partial charge is 0.294 e. The Morgan fingerprint density at radius 3 is 2.56 bits per heavy atom. The van der Waals surface area contributed by atoms with Gasteiger partial charge in [0.05, 0.1) is 4.91 Å². The molecule has 2 heterocycles. The maximum absolute atomic E-state index is 12.7. The molecule has 0 N–H and O–H groups in total. The van der Waals surface area contributed by atoms with E-state index in [-0.39, 0.29) is 23.6 Å². The van der Waals surface area contributed by atoms with Crippen molar-refractivity contribution in [2.24, 2.45) is 0 Å². The number of amides is 3.